The normalized spacial score (nSPS) is 14.9. The van der Waals surface area contributed by atoms with Gasteiger partial charge in [0.25, 0.3) is 0 Å². The van der Waals surface area contributed by atoms with Gasteiger partial charge in [0.1, 0.15) is 11.5 Å². The van der Waals surface area contributed by atoms with E-state index in [1.807, 2.05) is 72.8 Å². The van der Waals surface area contributed by atoms with Crippen LogP contribution in [-0.2, 0) is 0 Å². The number of halogens is 2. The Morgan fingerprint density at radius 1 is 0.533 bits per heavy atom. The number of benzene rings is 2. The first-order valence-electron chi connectivity index (χ1n) is 21.3. The zero-order valence-electron chi connectivity index (χ0n) is 36.1. The molecular formula is C50H58Cl2N6O2. The Labute approximate surface area is 364 Å². The standard InChI is InChI=1S/C50H58Cl2N6O2/c1-9-47(7,10-2)49(53,13-5)59-36-22-15-31(16-23-36)42-38-26-19-33(55-38)29-34-20-28-40(56-34)43(46-45(52)44(51)41(58-46)30-35-21-27-39(42)57-35)32-17-24-37(25-18-32)60-50(54,14-6)48(8,11-3)12-4/h15-30,55,58H,9-14,53-54H2,1-8H3. The zero-order chi connectivity index (χ0) is 43.0. The lowest BCUT2D eigenvalue weighted by Gasteiger charge is -2.45. The molecule has 0 saturated heterocycles. The van der Waals surface area contributed by atoms with E-state index in [2.05, 4.69) is 89.6 Å². The molecule has 2 atom stereocenters. The number of aromatic nitrogens is 4. The molecule has 7 rings (SSSR count). The summed E-state index contributed by atoms with van der Waals surface area (Å²) in [4.78, 5) is 17.4. The van der Waals surface area contributed by atoms with Gasteiger partial charge in [-0.15, -0.1) is 0 Å². The summed E-state index contributed by atoms with van der Waals surface area (Å²) < 4.78 is 13.1. The van der Waals surface area contributed by atoms with Gasteiger partial charge in [-0.1, -0.05) is 103 Å². The topological polar surface area (TPSA) is 128 Å². The van der Waals surface area contributed by atoms with Crippen molar-refractivity contribution >= 4 is 69.6 Å². The molecule has 0 fully saturated rings. The number of nitrogens with one attached hydrogen (secondary N) is 2. The van der Waals surface area contributed by atoms with Crippen molar-refractivity contribution < 1.29 is 9.47 Å². The fourth-order valence-electron chi connectivity index (χ4n) is 8.49. The Hall–Kier alpha value is -4.86. The SMILES string of the molecule is CCC(C)(CC)C(N)(CC)Oc1ccc(-c2c3nc(cc4[nH]c(c(Cl)c4Cl)c(-c4ccc(OC(N)(CC)C(C)(CC)CC)cc4)c4nc(cc5ccc2[nH]5)C=C4)C=C3)cc1. The minimum atomic E-state index is -0.825. The lowest BCUT2D eigenvalue weighted by Crippen LogP contribution is -2.57. The summed E-state index contributed by atoms with van der Waals surface area (Å²) in [6, 6.07) is 24.2. The molecule has 2 aliphatic rings. The van der Waals surface area contributed by atoms with Crippen LogP contribution >= 0.6 is 23.2 Å². The van der Waals surface area contributed by atoms with Gasteiger partial charge in [-0.05, 0) is 122 Å². The van der Waals surface area contributed by atoms with Gasteiger partial charge in [0.15, 0.2) is 11.4 Å². The van der Waals surface area contributed by atoms with Crippen LogP contribution in [-0.4, -0.2) is 31.4 Å². The highest BCUT2D eigenvalue weighted by atomic mass is 35.5. The van der Waals surface area contributed by atoms with E-state index in [1.54, 1.807) is 0 Å². The molecule has 5 aromatic rings. The summed E-state index contributed by atoms with van der Waals surface area (Å²) in [7, 11) is 0. The number of hydrogen-bond acceptors (Lipinski definition) is 6. The molecule has 0 saturated carbocycles. The highest BCUT2D eigenvalue weighted by Gasteiger charge is 2.45. The number of ether oxygens (including phenoxy) is 2. The van der Waals surface area contributed by atoms with E-state index in [1.165, 1.54) is 0 Å². The van der Waals surface area contributed by atoms with Crippen LogP contribution in [0, 0.1) is 10.8 Å². The van der Waals surface area contributed by atoms with E-state index in [-0.39, 0.29) is 10.8 Å². The van der Waals surface area contributed by atoms with Crippen LogP contribution in [0.3, 0.4) is 0 Å². The molecule has 0 spiro atoms. The van der Waals surface area contributed by atoms with Crippen molar-refractivity contribution in [2.45, 2.75) is 105 Å². The van der Waals surface area contributed by atoms with Gasteiger partial charge in [0.05, 0.1) is 43.9 Å². The minimum absolute atomic E-state index is 0.176. The zero-order valence-corrected chi connectivity index (χ0v) is 37.6. The molecule has 10 heteroatoms. The third-order valence-electron chi connectivity index (χ3n) is 13.7. The maximum absolute atomic E-state index is 7.11. The van der Waals surface area contributed by atoms with E-state index in [9.17, 15) is 0 Å². The van der Waals surface area contributed by atoms with Crippen LogP contribution in [0.2, 0.25) is 10.0 Å². The molecule has 2 aromatic carbocycles. The summed E-state index contributed by atoms with van der Waals surface area (Å²) in [5, 5.41) is 0.784. The van der Waals surface area contributed by atoms with Gasteiger partial charge >= 0.3 is 0 Å². The molecule has 8 nitrogen and oxygen atoms in total. The fraction of sp³-hybridized carbons (Fsp3) is 0.360. The average molecular weight is 846 g/mol. The lowest BCUT2D eigenvalue weighted by molar-refractivity contribution is -0.0566. The monoisotopic (exact) mass is 844 g/mol. The summed E-state index contributed by atoms with van der Waals surface area (Å²) >= 11 is 14.1. The summed E-state index contributed by atoms with van der Waals surface area (Å²) in [6.45, 7) is 17.2. The largest absolute Gasteiger partial charge is 0.472 e. The van der Waals surface area contributed by atoms with Crippen LogP contribution < -0.4 is 20.9 Å². The molecule has 314 valence electrons. The van der Waals surface area contributed by atoms with Crippen molar-refractivity contribution in [2.75, 3.05) is 0 Å². The lowest BCUT2D eigenvalue weighted by atomic mass is 9.73. The van der Waals surface area contributed by atoms with Crippen molar-refractivity contribution in [1.82, 2.24) is 19.9 Å². The van der Waals surface area contributed by atoms with Gasteiger partial charge in [-0.2, -0.15) is 0 Å². The Bertz CT molecular complexity index is 2600. The van der Waals surface area contributed by atoms with Gasteiger partial charge in [-0.25, -0.2) is 9.97 Å². The fourth-order valence-corrected chi connectivity index (χ4v) is 8.93. The predicted molar refractivity (Wildman–Crippen MR) is 253 cm³/mol. The van der Waals surface area contributed by atoms with E-state index in [0.717, 1.165) is 87.5 Å². The van der Waals surface area contributed by atoms with E-state index in [4.69, 9.17) is 54.1 Å². The van der Waals surface area contributed by atoms with E-state index in [0.29, 0.717) is 39.7 Å². The number of H-pyrrole nitrogens is 2. The molecule has 0 aliphatic carbocycles. The molecular weight excluding hydrogens is 787 g/mol. The number of nitrogens with zero attached hydrogens (tertiary/aromatic N) is 2. The van der Waals surface area contributed by atoms with E-state index >= 15 is 0 Å². The smallest absolute Gasteiger partial charge is 0.163 e. The minimum Gasteiger partial charge on any atom is -0.472 e. The first-order valence-corrected chi connectivity index (χ1v) is 22.1. The molecule has 0 radical (unpaired) electrons. The number of nitrogens with two attached hydrogens (primary N) is 2. The first kappa shape index (κ1) is 43.2. The number of rotatable bonds is 14. The molecule has 0 amide bonds. The Morgan fingerprint density at radius 3 is 1.48 bits per heavy atom. The second-order valence-corrected chi connectivity index (χ2v) is 17.4. The summed E-state index contributed by atoms with van der Waals surface area (Å²) in [5.74, 6) is 1.42. The Morgan fingerprint density at radius 2 is 1.00 bits per heavy atom. The van der Waals surface area contributed by atoms with Gasteiger partial charge < -0.3 is 19.4 Å². The maximum Gasteiger partial charge on any atom is 0.163 e. The highest BCUT2D eigenvalue weighted by molar-refractivity contribution is 6.47. The summed E-state index contributed by atoms with van der Waals surface area (Å²) in [6.07, 6.45) is 13.0. The number of hydrogen-bond donors (Lipinski definition) is 4. The highest BCUT2D eigenvalue weighted by Crippen LogP contribution is 2.43. The number of aromatic amines is 2. The van der Waals surface area contributed by atoms with E-state index < -0.39 is 11.4 Å². The van der Waals surface area contributed by atoms with Crippen molar-refractivity contribution in [1.29, 1.82) is 0 Å². The van der Waals surface area contributed by atoms with Gasteiger partial charge in [0.2, 0.25) is 0 Å². The molecule has 60 heavy (non-hydrogen) atoms. The quantitative estimate of drug-likeness (QED) is 0.0807. The molecule has 5 heterocycles. The van der Waals surface area contributed by atoms with Crippen LogP contribution in [0.25, 0.3) is 68.6 Å². The van der Waals surface area contributed by atoms with Crippen LogP contribution in [0.5, 0.6) is 11.5 Å². The van der Waals surface area contributed by atoms with Crippen molar-refractivity contribution in [3.05, 3.63) is 106 Å². The predicted octanol–water partition coefficient (Wildman–Crippen LogP) is 13.8. The van der Waals surface area contributed by atoms with Crippen LogP contribution in [0.4, 0.5) is 0 Å². The molecule has 8 bridgehead atoms. The molecule has 3 aromatic heterocycles. The second kappa shape index (κ2) is 16.9. The molecule has 2 unspecified atom stereocenters. The molecule has 2 aliphatic heterocycles. The maximum atomic E-state index is 7.11. The van der Waals surface area contributed by atoms with Gasteiger partial charge in [0, 0.05) is 33.0 Å². The second-order valence-electron chi connectivity index (χ2n) is 16.7. The molecule has 6 N–H and O–H groups in total. The Kier molecular flexibility index (Phi) is 12.2. The third kappa shape index (κ3) is 7.79. The summed E-state index contributed by atoms with van der Waals surface area (Å²) in [5.41, 5.74) is 21.6. The van der Waals surface area contributed by atoms with Crippen molar-refractivity contribution in [2.24, 2.45) is 22.3 Å². The van der Waals surface area contributed by atoms with Crippen LogP contribution in [0.1, 0.15) is 117 Å². The number of fused-ring (bicyclic) bond motifs is 8. The van der Waals surface area contributed by atoms with Crippen LogP contribution in [0.15, 0.2) is 72.8 Å². The van der Waals surface area contributed by atoms with Crippen molar-refractivity contribution in [3.8, 4) is 33.8 Å². The average Bonchev–Trinajstić information content (AvgIpc) is 4.09. The van der Waals surface area contributed by atoms with Gasteiger partial charge in [-0.3, -0.25) is 11.5 Å². The third-order valence-corrected chi connectivity index (χ3v) is 14.5. The van der Waals surface area contributed by atoms with Crippen molar-refractivity contribution in [3.63, 3.8) is 0 Å². The Balaban J connectivity index is 1.36. The first-order chi connectivity index (χ1) is 28.7.